The number of aliphatic hydroxyl groups excluding tert-OH is 7. The summed E-state index contributed by atoms with van der Waals surface area (Å²) in [6, 6.07) is 7.46. The summed E-state index contributed by atoms with van der Waals surface area (Å²) in [6.45, 7) is -1.60. The van der Waals surface area contributed by atoms with E-state index in [0.29, 0.717) is 5.56 Å². The topological polar surface area (TPSA) is 260 Å². The molecule has 228 valence electrons. The zero-order chi connectivity index (χ0) is 30.5. The van der Waals surface area contributed by atoms with Crippen LogP contribution < -0.4 is 5.43 Å². The molecule has 0 saturated carbocycles. The van der Waals surface area contributed by atoms with Gasteiger partial charge in [-0.15, -0.1) is 0 Å². The van der Waals surface area contributed by atoms with E-state index in [-0.39, 0.29) is 22.5 Å². The van der Waals surface area contributed by atoms with Crippen LogP contribution in [0, 0.1) is 0 Å². The summed E-state index contributed by atoms with van der Waals surface area (Å²) in [5.74, 6) is -1.42. The van der Waals surface area contributed by atoms with E-state index in [9.17, 15) is 55.9 Å². The summed E-state index contributed by atoms with van der Waals surface area (Å²) in [7, 11) is 0. The van der Waals surface area contributed by atoms with Crippen molar-refractivity contribution in [3.8, 4) is 28.6 Å². The third-order valence-electron chi connectivity index (χ3n) is 7.44. The van der Waals surface area contributed by atoms with Gasteiger partial charge in [-0.1, -0.05) is 0 Å². The van der Waals surface area contributed by atoms with E-state index in [4.69, 9.17) is 18.6 Å². The van der Waals surface area contributed by atoms with E-state index in [1.807, 2.05) is 0 Å². The van der Waals surface area contributed by atoms with Gasteiger partial charge in [-0.3, -0.25) is 4.79 Å². The first kappa shape index (κ1) is 30.1. The van der Waals surface area contributed by atoms with Crippen molar-refractivity contribution >= 4 is 11.0 Å². The van der Waals surface area contributed by atoms with Gasteiger partial charge < -0.3 is 69.7 Å². The van der Waals surface area contributed by atoms with E-state index < -0.39 is 97.0 Å². The molecule has 10 atom stereocenters. The zero-order valence-electron chi connectivity index (χ0n) is 21.7. The Kier molecular flexibility index (Phi) is 8.41. The summed E-state index contributed by atoms with van der Waals surface area (Å²) in [5.41, 5.74) is -1.14. The molecular weight excluding hydrogens is 564 g/mol. The van der Waals surface area contributed by atoms with Crippen LogP contribution in [0.25, 0.3) is 22.3 Å². The van der Waals surface area contributed by atoms with Crippen LogP contribution in [-0.2, 0) is 14.2 Å². The van der Waals surface area contributed by atoms with Crippen LogP contribution in [0.4, 0.5) is 0 Å². The van der Waals surface area contributed by atoms with E-state index in [0.717, 1.165) is 12.1 Å². The Bertz CT molecular complexity index is 1470. The lowest BCUT2D eigenvalue weighted by Gasteiger charge is -2.46. The summed E-state index contributed by atoms with van der Waals surface area (Å²) < 4.78 is 22.5. The third-order valence-corrected chi connectivity index (χ3v) is 7.44. The van der Waals surface area contributed by atoms with Crippen LogP contribution in [0.5, 0.6) is 17.2 Å². The van der Waals surface area contributed by atoms with Gasteiger partial charge in [0.25, 0.3) is 0 Å². The second-order valence-corrected chi connectivity index (χ2v) is 10.1. The highest BCUT2D eigenvalue weighted by atomic mass is 16.7. The number of fused-ring (bicyclic) bond motifs is 1. The van der Waals surface area contributed by atoms with Gasteiger partial charge in [0.2, 0.25) is 0 Å². The molecule has 0 spiro atoms. The molecule has 3 heterocycles. The molecule has 42 heavy (non-hydrogen) atoms. The van der Waals surface area contributed by atoms with E-state index in [1.165, 1.54) is 24.3 Å². The molecule has 2 aromatic carbocycles. The van der Waals surface area contributed by atoms with Crippen LogP contribution in [0.15, 0.2) is 45.6 Å². The van der Waals surface area contributed by atoms with Gasteiger partial charge in [0.1, 0.15) is 83.3 Å². The smallest absolute Gasteiger partial charge is 0.197 e. The molecule has 2 saturated heterocycles. The summed E-state index contributed by atoms with van der Waals surface area (Å²) in [4.78, 5) is 13.0. The van der Waals surface area contributed by atoms with Gasteiger partial charge in [-0.25, -0.2) is 0 Å². The van der Waals surface area contributed by atoms with Gasteiger partial charge >= 0.3 is 0 Å². The molecule has 0 amide bonds. The van der Waals surface area contributed by atoms with Crippen LogP contribution in [0.1, 0.15) is 11.7 Å². The first-order chi connectivity index (χ1) is 20.0. The van der Waals surface area contributed by atoms with Crippen LogP contribution in [0.2, 0.25) is 0 Å². The number of aromatic hydroxyl groups is 3. The Labute approximate surface area is 236 Å². The number of phenolic OH excluding ortho intramolecular Hbond substituents is 3. The van der Waals surface area contributed by atoms with Crippen molar-refractivity contribution in [3.63, 3.8) is 0 Å². The highest BCUT2D eigenvalue weighted by Crippen LogP contribution is 2.44. The summed E-state index contributed by atoms with van der Waals surface area (Å²) in [6.07, 6.45) is -17.1. The highest BCUT2D eigenvalue weighted by molar-refractivity contribution is 5.89. The molecule has 10 N–H and O–H groups in total. The maximum atomic E-state index is 13.0. The number of benzene rings is 2. The van der Waals surface area contributed by atoms with Crippen molar-refractivity contribution in [1.29, 1.82) is 0 Å². The molecule has 2 fully saturated rings. The van der Waals surface area contributed by atoms with Crippen molar-refractivity contribution in [2.24, 2.45) is 0 Å². The number of phenols is 3. The average Bonchev–Trinajstić information content (AvgIpc) is 2.96. The predicted octanol–water partition coefficient (Wildman–Crippen LogP) is -2.08. The molecule has 2 aliphatic heterocycles. The Morgan fingerprint density at radius 1 is 0.738 bits per heavy atom. The second kappa shape index (κ2) is 11.7. The molecule has 5 rings (SSSR count). The van der Waals surface area contributed by atoms with Gasteiger partial charge in [-0.05, 0) is 24.3 Å². The third kappa shape index (κ3) is 5.20. The second-order valence-electron chi connectivity index (χ2n) is 10.1. The minimum atomic E-state index is -1.94. The summed E-state index contributed by atoms with van der Waals surface area (Å²) >= 11 is 0. The largest absolute Gasteiger partial charge is 0.508 e. The Morgan fingerprint density at radius 2 is 1.40 bits per heavy atom. The van der Waals surface area contributed by atoms with Gasteiger partial charge in [0.15, 0.2) is 17.3 Å². The van der Waals surface area contributed by atoms with Crippen molar-refractivity contribution in [1.82, 2.24) is 0 Å². The van der Waals surface area contributed by atoms with Crippen LogP contribution in [0.3, 0.4) is 0 Å². The predicted molar refractivity (Wildman–Crippen MR) is 138 cm³/mol. The van der Waals surface area contributed by atoms with Crippen molar-refractivity contribution in [3.05, 3.63) is 52.2 Å². The fourth-order valence-corrected chi connectivity index (χ4v) is 5.19. The van der Waals surface area contributed by atoms with Gasteiger partial charge in [0, 0.05) is 17.7 Å². The van der Waals surface area contributed by atoms with Crippen LogP contribution >= 0.6 is 0 Å². The number of hydrogen-bond donors (Lipinski definition) is 10. The number of rotatable bonds is 6. The zero-order valence-corrected chi connectivity index (χ0v) is 21.7. The monoisotopic (exact) mass is 594 g/mol. The van der Waals surface area contributed by atoms with E-state index in [2.05, 4.69) is 0 Å². The quantitative estimate of drug-likeness (QED) is 0.147. The lowest BCUT2D eigenvalue weighted by molar-refractivity contribution is -0.342. The minimum Gasteiger partial charge on any atom is -0.508 e. The minimum absolute atomic E-state index is 0.0351. The maximum Gasteiger partial charge on any atom is 0.197 e. The summed E-state index contributed by atoms with van der Waals surface area (Å²) in [5, 5.41) is 103. The Hall–Kier alpha value is -3.35. The van der Waals surface area contributed by atoms with E-state index in [1.54, 1.807) is 0 Å². The molecule has 0 radical (unpaired) electrons. The maximum absolute atomic E-state index is 13.0. The van der Waals surface area contributed by atoms with Gasteiger partial charge in [0.05, 0.1) is 18.8 Å². The fourth-order valence-electron chi connectivity index (χ4n) is 5.19. The molecular formula is C27H30O15. The van der Waals surface area contributed by atoms with Crippen LogP contribution in [-0.4, -0.2) is 119 Å². The first-order valence-corrected chi connectivity index (χ1v) is 12.9. The number of aliphatic hydroxyl groups is 7. The number of ether oxygens (including phenoxy) is 3. The molecule has 1 aromatic heterocycles. The fraction of sp³-hybridized carbons (Fsp3) is 0.444. The molecule has 15 nitrogen and oxygen atoms in total. The Morgan fingerprint density at radius 3 is 2.05 bits per heavy atom. The van der Waals surface area contributed by atoms with Crippen molar-refractivity contribution in [2.75, 3.05) is 13.2 Å². The van der Waals surface area contributed by atoms with Gasteiger partial charge in [-0.2, -0.15) is 0 Å². The lowest BCUT2D eigenvalue weighted by atomic mass is 9.89. The normalized spacial score (nSPS) is 33.6. The molecule has 0 bridgehead atoms. The van der Waals surface area contributed by atoms with E-state index >= 15 is 0 Å². The molecule has 15 heteroatoms. The Balaban J connectivity index is 1.53. The highest BCUT2D eigenvalue weighted by Gasteiger charge is 2.51. The molecule has 2 aliphatic rings. The molecule has 0 aliphatic carbocycles. The number of hydrogen-bond acceptors (Lipinski definition) is 15. The molecule has 0 unspecified atom stereocenters. The first-order valence-electron chi connectivity index (χ1n) is 12.9. The average molecular weight is 595 g/mol. The lowest BCUT2D eigenvalue weighted by Crippen LogP contribution is -2.63. The van der Waals surface area contributed by atoms with Crippen molar-refractivity contribution < 1.29 is 69.7 Å². The standard InChI is InChI=1S/C27H30O15/c28-7-15-19(34)20(35)23(38)27(41-15)42-24-16(8-29)40-26(22(37)21(24)36)18-12(32)5-11(31)17-13(33)6-14(39-25(17)18)9-1-3-10(30)4-2-9/h1-6,15-16,19-24,26-32,34-38H,7-8H2/t15-,16-,19-,20+,21-,22-,23-,24-,26-,27+/m0/s1. The SMILES string of the molecule is O=c1cc(-c2ccc(O)cc2)oc2c([C@@H]3O[C@@H](CO)[C@H](O[C@H]4O[C@@H](CO)[C@H](O)[C@@H](O)[C@@H]4O)[C@@H](O)[C@@H]3O)c(O)cc(O)c12. The van der Waals surface area contributed by atoms with Crippen molar-refractivity contribution in [2.45, 2.75) is 61.2 Å². The molecule has 3 aromatic rings.